The van der Waals surface area contributed by atoms with Gasteiger partial charge in [-0.2, -0.15) is 0 Å². The molecule has 160 valence electrons. The van der Waals surface area contributed by atoms with Gasteiger partial charge in [-0.15, -0.1) is 0 Å². The van der Waals surface area contributed by atoms with E-state index >= 15 is 0 Å². The van der Waals surface area contributed by atoms with Gasteiger partial charge < -0.3 is 5.32 Å². The summed E-state index contributed by atoms with van der Waals surface area (Å²) in [4.78, 5) is 13.7. The fourth-order valence-electron chi connectivity index (χ4n) is 5.31. The first-order valence-corrected chi connectivity index (χ1v) is 11.7. The van der Waals surface area contributed by atoms with E-state index in [-0.39, 0.29) is 5.91 Å². The van der Waals surface area contributed by atoms with Crippen LogP contribution in [0.15, 0.2) is 97.1 Å². The van der Waals surface area contributed by atoms with Crippen LogP contribution in [-0.2, 0) is 16.8 Å². The highest BCUT2D eigenvalue weighted by Gasteiger charge is 2.40. The van der Waals surface area contributed by atoms with Crippen LogP contribution in [0.1, 0.15) is 43.2 Å². The van der Waals surface area contributed by atoms with Gasteiger partial charge in [0.1, 0.15) is 0 Å². The maximum Gasteiger partial charge on any atom is 0.230 e. The highest BCUT2D eigenvalue weighted by molar-refractivity contribution is 5.98. The van der Waals surface area contributed by atoms with Gasteiger partial charge in [0, 0.05) is 6.54 Å². The average molecular weight is 420 g/mol. The third kappa shape index (κ3) is 3.82. The molecule has 1 amide bonds. The van der Waals surface area contributed by atoms with Crippen LogP contribution in [-0.4, -0.2) is 5.91 Å². The van der Waals surface area contributed by atoms with Crippen molar-refractivity contribution in [1.82, 2.24) is 5.32 Å². The Morgan fingerprint density at radius 1 is 0.719 bits per heavy atom. The van der Waals surface area contributed by atoms with E-state index < -0.39 is 5.41 Å². The second-order valence-electron chi connectivity index (χ2n) is 8.88. The van der Waals surface area contributed by atoms with Crippen molar-refractivity contribution in [3.63, 3.8) is 0 Å². The van der Waals surface area contributed by atoms with E-state index in [1.165, 1.54) is 28.3 Å². The van der Waals surface area contributed by atoms with Gasteiger partial charge >= 0.3 is 0 Å². The zero-order valence-electron chi connectivity index (χ0n) is 18.4. The van der Waals surface area contributed by atoms with Crippen molar-refractivity contribution in [2.45, 2.75) is 44.1 Å². The lowest BCUT2D eigenvalue weighted by molar-refractivity contribution is -0.128. The van der Waals surface area contributed by atoms with Gasteiger partial charge in [0.2, 0.25) is 5.91 Å². The van der Waals surface area contributed by atoms with Gasteiger partial charge in [-0.25, -0.2) is 0 Å². The molecule has 0 aliphatic heterocycles. The SMILES string of the molecule is O=C(NCc1ccc2ccccc2c1-c1ccccc1)C1(c2ccccc2)CCCCC1. The lowest BCUT2D eigenvalue weighted by Crippen LogP contribution is -2.45. The van der Waals surface area contributed by atoms with Crippen molar-refractivity contribution in [1.29, 1.82) is 0 Å². The molecule has 0 unspecified atom stereocenters. The molecule has 32 heavy (non-hydrogen) atoms. The molecule has 0 spiro atoms. The Morgan fingerprint density at radius 2 is 1.38 bits per heavy atom. The minimum Gasteiger partial charge on any atom is -0.351 e. The molecule has 1 aliphatic carbocycles. The van der Waals surface area contributed by atoms with Gasteiger partial charge in [-0.05, 0) is 45.9 Å². The summed E-state index contributed by atoms with van der Waals surface area (Å²) < 4.78 is 0. The Labute approximate surface area is 190 Å². The third-order valence-corrected chi connectivity index (χ3v) is 6.99. The summed E-state index contributed by atoms with van der Waals surface area (Å²) in [5, 5.41) is 5.78. The Hall–Kier alpha value is -3.39. The van der Waals surface area contributed by atoms with Crippen LogP contribution >= 0.6 is 0 Å². The van der Waals surface area contributed by atoms with Gasteiger partial charge in [0.25, 0.3) is 0 Å². The van der Waals surface area contributed by atoms with E-state index in [2.05, 4.69) is 90.2 Å². The quantitative estimate of drug-likeness (QED) is 0.370. The molecular formula is C30H29NO. The Bertz CT molecular complexity index is 1210. The maximum atomic E-state index is 13.7. The molecule has 5 rings (SSSR count). The standard InChI is InChI=1S/C30H29NO/c32-29(30(20-10-3-11-21-30)26-15-6-2-7-16-26)31-22-25-19-18-23-12-8-9-17-27(23)28(25)24-13-4-1-5-14-24/h1-2,4-9,12-19H,3,10-11,20-22H2,(H,31,32). The average Bonchev–Trinajstić information content (AvgIpc) is 2.88. The van der Waals surface area contributed by atoms with Gasteiger partial charge in [0.15, 0.2) is 0 Å². The number of hydrogen-bond acceptors (Lipinski definition) is 1. The number of nitrogens with one attached hydrogen (secondary N) is 1. The van der Waals surface area contributed by atoms with Crippen LogP contribution in [0.25, 0.3) is 21.9 Å². The van der Waals surface area contributed by atoms with E-state index in [1.807, 2.05) is 12.1 Å². The number of hydrogen-bond donors (Lipinski definition) is 1. The minimum absolute atomic E-state index is 0.163. The Balaban J connectivity index is 1.49. The van der Waals surface area contributed by atoms with E-state index in [0.29, 0.717) is 6.54 Å². The number of fused-ring (bicyclic) bond motifs is 1. The number of carbonyl (C=O) groups excluding carboxylic acids is 1. The molecule has 0 atom stereocenters. The molecule has 1 aliphatic rings. The second-order valence-corrected chi connectivity index (χ2v) is 8.88. The molecular weight excluding hydrogens is 390 g/mol. The number of benzene rings is 4. The summed E-state index contributed by atoms with van der Waals surface area (Å²) in [6.45, 7) is 0.530. The van der Waals surface area contributed by atoms with Crippen LogP contribution in [0, 0.1) is 0 Å². The summed E-state index contributed by atoms with van der Waals surface area (Å²) in [7, 11) is 0. The first kappa shape index (κ1) is 20.5. The molecule has 0 heterocycles. The molecule has 1 fully saturated rings. The minimum atomic E-state index is -0.413. The summed E-state index contributed by atoms with van der Waals surface area (Å²) in [6, 6.07) is 33.7. The molecule has 0 radical (unpaired) electrons. The van der Waals surface area contributed by atoms with Crippen LogP contribution in [0.5, 0.6) is 0 Å². The molecule has 1 N–H and O–H groups in total. The summed E-state index contributed by atoms with van der Waals surface area (Å²) >= 11 is 0. The zero-order valence-corrected chi connectivity index (χ0v) is 18.4. The molecule has 0 saturated heterocycles. The van der Waals surface area contributed by atoms with Crippen molar-refractivity contribution in [2.24, 2.45) is 0 Å². The largest absolute Gasteiger partial charge is 0.351 e. The molecule has 0 bridgehead atoms. The topological polar surface area (TPSA) is 29.1 Å². The summed E-state index contributed by atoms with van der Waals surface area (Å²) in [5.41, 5.74) is 4.29. The number of carbonyl (C=O) groups is 1. The Morgan fingerprint density at radius 3 is 2.12 bits per heavy atom. The van der Waals surface area contributed by atoms with E-state index in [4.69, 9.17) is 0 Å². The fraction of sp³-hybridized carbons (Fsp3) is 0.233. The number of amides is 1. The highest BCUT2D eigenvalue weighted by Crippen LogP contribution is 2.40. The van der Waals surface area contributed by atoms with Crippen LogP contribution in [0.2, 0.25) is 0 Å². The monoisotopic (exact) mass is 419 g/mol. The van der Waals surface area contributed by atoms with E-state index in [0.717, 1.165) is 36.8 Å². The number of rotatable bonds is 5. The second kappa shape index (κ2) is 9.00. The molecule has 4 aromatic carbocycles. The third-order valence-electron chi connectivity index (χ3n) is 6.99. The smallest absolute Gasteiger partial charge is 0.230 e. The zero-order chi connectivity index (χ0) is 21.8. The normalized spacial score (nSPS) is 15.4. The van der Waals surface area contributed by atoms with Crippen molar-refractivity contribution in [3.8, 4) is 11.1 Å². The van der Waals surface area contributed by atoms with Gasteiger partial charge in [-0.3, -0.25) is 4.79 Å². The van der Waals surface area contributed by atoms with Crippen molar-refractivity contribution >= 4 is 16.7 Å². The van der Waals surface area contributed by atoms with E-state index in [9.17, 15) is 4.79 Å². The predicted octanol–water partition coefficient (Wildman–Crippen LogP) is 7.03. The van der Waals surface area contributed by atoms with Crippen molar-refractivity contribution in [2.75, 3.05) is 0 Å². The van der Waals surface area contributed by atoms with Crippen molar-refractivity contribution < 1.29 is 4.79 Å². The van der Waals surface area contributed by atoms with Crippen LogP contribution < -0.4 is 5.32 Å². The molecule has 1 saturated carbocycles. The highest BCUT2D eigenvalue weighted by atomic mass is 16.2. The van der Waals surface area contributed by atoms with Gasteiger partial charge in [0.05, 0.1) is 5.41 Å². The van der Waals surface area contributed by atoms with Gasteiger partial charge in [-0.1, -0.05) is 116 Å². The summed E-state index contributed by atoms with van der Waals surface area (Å²) in [5.74, 6) is 0.163. The first-order chi connectivity index (χ1) is 15.8. The fourth-order valence-corrected chi connectivity index (χ4v) is 5.31. The molecule has 4 aromatic rings. The predicted molar refractivity (Wildman–Crippen MR) is 132 cm³/mol. The Kier molecular flexibility index (Phi) is 5.77. The molecule has 2 nitrogen and oxygen atoms in total. The van der Waals surface area contributed by atoms with Crippen LogP contribution in [0.4, 0.5) is 0 Å². The molecule has 0 aromatic heterocycles. The molecule has 2 heteroatoms. The lowest BCUT2D eigenvalue weighted by atomic mass is 9.68. The maximum absolute atomic E-state index is 13.7. The summed E-state index contributed by atoms with van der Waals surface area (Å²) in [6.07, 6.45) is 5.27. The van der Waals surface area contributed by atoms with Crippen molar-refractivity contribution in [3.05, 3.63) is 108 Å². The lowest BCUT2D eigenvalue weighted by Gasteiger charge is -2.36. The van der Waals surface area contributed by atoms with Crippen LogP contribution in [0.3, 0.4) is 0 Å². The van der Waals surface area contributed by atoms with E-state index in [1.54, 1.807) is 0 Å². The first-order valence-electron chi connectivity index (χ1n) is 11.7.